The van der Waals surface area contributed by atoms with E-state index in [1.54, 1.807) is 25.6 Å². The second-order valence-corrected chi connectivity index (χ2v) is 2.88. The molecule has 82 valence electrons. The van der Waals surface area contributed by atoms with E-state index in [9.17, 15) is 4.79 Å². The van der Waals surface area contributed by atoms with Gasteiger partial charge in [-0.1, -0.05) is 0 Å². The van der Waals surface area contributed by atoms with Gasteiger partial charge in [-0.3, -0.25) is 9.97 Å². The molecule has 2 amide bonds. The van der Waals surface area contributed by atoms with Gasteiger partial charge in [0.1, 0.15) is 0 Å². The topological polar surface area (TPSA) is 78.9 Å². The van der Waals surface area contributed by atoms with Crippen LogP contribution in [-0.2, 0) is 6.54 Å². The van der Waals surface area contributed by atoms with Crippen molar-refractivity contribution in [2.24, 2.45) is 0 Å². The molecular formula is C9H15N5O. The van der Waals surface area contributed by atoms with Gasteiger partial charge in [0.25, 0.3) is 0 Å². The van der Waals surface area contributed by atoms with Crippen LogP contribution in [-0.4, -0.2) is 36.1 Å². The molecule has 6 nitrogen and oxygen atoms in total. The Hall–Kier alpha value is -1.69. The van der Waals surface area contributed by atoms with Crippen molar-refractivity contribution in [2.75, 3.05) is 20.1 Å². The van der Waals surface area contributed by atoms with E-state index in [-0.39, 0.29) is 6.03 Å². The van der Waals surface area contributed by atoms with Crippen LogP contribution in [0.25, 0.3) is 0 Å². The number of nitrogens with one attached hydrogen (secondary N) is 3. The predicted molar refractivity (Wildman–Crippen MR) is 56.2 cm³/mol. The van der Waals surface area contributed by atoms with Crippen molar-refractivity contribution in [1.82, 2.24) is 25.9 Å². The second kappa shape index (κ2) is 6.72. The van der Waals surface area contributed by atoms with Gasteiger partial charge in [0, 0.05) is 45.3 Å². The van der Waals surface area contributed by atoms with E-state index in [2.05, 4.69) is 25.9 Å². The summed E-state index contributed by atoms with van der Waals surface area (Å²) in [6, 6.07) is -0.170. The van der Waals surface area contributed by atoms with Crippen LogP contribution in [0.4, 0.5) is 4.79 Å². The lowest BCUT2D eigenvalue weighted by Gasteiger charge is -2.05. The van der Waals surface area contributed by atoms with Crippen LogP contribution < -0.4 is 16.0 Å². The van der Waals surface area contributed by atoms with Crippen LogP contribution in [0.5, 0.6) is 0 Å². The Morgan fingerprint density at radius 1 is 1.40 bits per heavy atom. The molecule has 0 saturated heterocycles. The lowest BCUT2D eigenvalue weighted by atomic mass is 10.4. The summed E-state index contributed by atoms with van der Waals surface area (Å²) in [6.45, 7) is 1.94. The molecular weight excluding hydrogens is 194 g/mol. The van der Waals surface area contributed by atoms with Gasteiger partial charge in [-0.25, -0.2) is 4.79 Å². The van der Waals surface area contributed by atoms with Crippen molar-refractivity contribution in [3.05, 3.63) is 24.3 Å². The first-order chi connectivity index (χ1) is 7.33. The molecule has 0 unspecified atom stereocenters. The maximum absolute atomic E-state index is 10.8. The summed E-state index contributed by atoms with van der Waals surface area (Å²) in [5, 5.41) is 8.28. The Bertz CT molecular complexity index is 290. The first-order valence-electron chi connectivity index (χ1n) is 4.74. The fraction of sp³-hybridized carbons (Fsp3) is 0.444. The molecule has 0 fully saturated rings. The molecule has 15 heavy (non-hydrogen) atoms. The van der Waals surface area contributed by atoms with Crippen molar-refractivity contribution in [2.45, 2.75) is 6.54 Å². The fourth-order valence-corrected chi connectivity index (χ4v) is 0.991. The summed E-state index contributed by atoms with van der Waals surface area (Å²) in [4.78, 5) is 18.8. The number of carbonyl (C=O) groups is 1. The van der Waals surface area contributed by atoms with Gasteiger partial charge >= 0.3 is 6.03 Å². The molecule has 1 heterocycles. The van der Waals surface area contributed by atoms with Gasteiger partial charge in [-0.05, 0) is 0 Å². The maximum atomic E-state index is 10.8. The Morgan fingerprint density at radius 2 is 2.27 bits per heavy atom. The van der Waals surface area contributed by atoms with Crippen molar-refractivity contribution in [3.63, 3.8) is 0 Å². The average molecular weight is 209 g/mol. The zero-order valence-electron chi connectivity index (χ0n) is 8.66. The van der Waals surface area contributed by atoms with E-state index in [0.29, 0.717) is 19.6 Å². The molecule has 0 saturated carbocycles. The minimum absolute atomic E-state index is 0.170. The van der Waals surface area contributed by atoms with Gasteiger partial charge in [0.2, 0.25) is 0 Å². The third-order valence-corrected chi connectivity index (χ3v) is 1.74. The summed E-state index contributed by atoms with van der Waals surface area (Å²) < 4.78 is 0. The molecule has 0 radical (unpaired) electrons. The minimum atomic E-state index is -0.170. The van der Waals surface area contributed by atoms with E-state index in [4.69, 9.17) is 0 Å². The largest absolute Gasteiger partial charge is 0.341 e. The molecule has 6 heteroatoms. The number of urea groups is 1. The van der Waals surface area contributed by atoms with E-state index in [1.807, 2.05) is 0 Å². The third-order valence-electron chi connectivity index (χ3n) is 1.74. The van der Waals surface area contributed by atoms with Gasteiger partial charge in [0.15, 0.2) is 0 Å². The summed E-state index contributed by atoms with van der Waals surface area (Å²) in [7, 11) is 1.59. The number of rotatable bonds is 5. The number of hydrogen-bond donors (Lipinski definition) is 3. The van der Waals surface area contributed by atoms with E-state index < -0.39 is 0 Å². The van der Waals surface area contributed by atoms with Gasteiger partial charge < -0.3 is 16.0 Å². The lowest BCUT2D eigenvalue weighted by molar-refractivity contribution is 0.243. The summed E-state index contributed by atoms with van der Waals surface area (Å²) >= 11 is 0. The maximum Gasteiger partial charge on any atom is 0.314 e. The van der Waals surface area contributed by atoms with E-state index >= 15 is 0 Å². The normalized spacial score (nSPS) is 9.67. The minimum Gasteiger partial charge on any atom is -0.341 e. The highest BCUT2D eigenvalue weighted by atomic mass is 16.2. The molecule has 1 aromatic heterocycles. The third kappa shape index (κ3) is 4.92. The number of hydrogen-bond acceptors (Lipinski definition) is 4. The zero-order valence-corrected chi connectivity index (χ0v) is 8.66. The first-order valence-corrected chi connectivity index (χ1v) is 4.74. The Balaban J connectivity index is 2.05. The summed E-state index contributed by atoms with van der Waals surface area (Å²) in [6.07, 6.45) is 5.00. The molecule has 1 rings (SSSR count). The second-order valence-electron chi connectivity index (χ2n) is 2.88. The van der Waals surface area contributed by atoms with Crippen LogP contribution in [0.1, 0.15) is 5.69 Å². The van der Waals surface area contributed by atoms with Crippen molar-refractivity contribution >= 4 is 6.03 Å². The SMILES string of the molecule is CNC(=O)NCCNCc1cnccn1. The number of amides is 2. The van der Waals surface area contributed by atoms with Crippen LogP contribution in [0.3, 0.4) is 0 Å². The molecule has 0 aromatic carbocycles. The molecule has 1 aromatic rings. The van der Waals surface area contributed by atoms with E-state index in [1.165, 1.54) is 0 Å². The van der Waals surface area contributed by atoms with Crippen molar-refractivity contribution < 1.29 is 4.79 Å². The standard InChI is InChI=1S/C9H15N5O/c1-10-9(15)14-5-3-12-7-8-6-11-2-4-13-8/h2,4,6,12H,3,5,7H2,1H3,(H2,10,14,15). The smallest absolute Gasteiger partial charge is 0.314 e. The van der Waals surface area contributed by atoms with Crippen LogP contribution in [0.15, 0.2) is 18.6 Å². The molecule has 3 N–H and O–H groups in total. The Kier molecular flexibility index (Phi) is 5.10. The van der Waals surface area contributed by atoms with Crippen LogP contribution in [0.2, 0.25) is 0 Å². The summed E-state index contributed by atoms with van der Waals surface area (Å²) in [5.74, 6) is 0. The van der Waals surface area contributed by atoms with Crippen LogP contribution in [0, 0.1) is 0 Å². The Morgan fingerprint density at radius 3 is 2.93 bits per heavy atom. The fourth-order valence-electron chi connectivity index (χ4n) is 0.991. The van der Waals surface area contributed by atoms with Gasteiger partial charge in [-0.2, -0.15) is 0 Å². The molecule has 0 aliphatic carbocycles. The highest BCUT2D eigenvalue weighted by Gasteiger charge is 1.95. The quantitative estimate of drug-likeness (QED) is 0.571. The molecule has 0 atom stereocenters. The monoisotopic (exact) mass is 209 g/mol. The predicted octanol–water partition coefficient (Wildman–Crippen LogP) is -0.505. The summed E-state index contributed by atoms with van der Waals surface area (Å²) in [5.41, 5.74) is 0.887. The van der Waals surface area contributed by atoms with Crippen LogP contribution >= 0.6 is 0 Å². The molecule has 0 aliphatic heterocycles. The first kappa shape index (κ1) is 11.4. The van der Waals surface area contributed by atoms with Crippen molar-refractivity contribution in [3.8, 4) is 0 Å². The van der Waals surface area contributed by atoms with E-state index in [0.717, 1.165) is 5.69 Å². The highest BCUT2D eigenvalue weighted by molar-refractivity contribution is 5.73. The highest BCUT2D eigenvalue weighted by Crippen LogP contribution is 1.87. The molecule has 0 spiro atoms. The Labute approximate surface area is 88.5 Å². The number of carbonyl (C=O) groups excluding carboxylic acids is 1. The van der Waals surface area contributed by atoms with Gasteiger partial charge in [0.05, 0.1) is 5.69 Å². The zero-order chi connectivity index (χ0) is 10.9. The average Bonchev–Trinajstić information content (AvgIpc) is 2.29. The number of nitrogens with zero attached hydrogens (tertiary/aromatic N) is 2. The lowest BCUT2D eigenvalue weighted by Crippen LogP contribution is -2.37. The molecule has 0 aliphatic rings. The van der Waals surface area contributed by atoms with Gasteiger partial charge in [-0.15, -0.1) is 0 Å². The number of aromatic nitrogens is 2. The molecule has 0 bridgehead atoms. The van der Waals surface area contributed by atoms with Crippen molar-refractivity contribution in [1.29, 1.82) is 0 Å².